The van der Waals surface area contributed by atoms with E-state index in [1.807, 2.05) is 27.7 Å². The molecular weight excluding hydrogens is 356 g/mol. The van der Waals surface area contributed by atoms with Gasteiger partial charge in [-0.3, -0.25) is 9.59 Å². The van der Waals surface area contributed by atoms with Gasteiger partial charge in [0.1, 0.15) is 12.1 Å². The number of benzene rings is 1. The van der Waals surface area contributed by atoms with Crippen LogP contribution < -0.4 is 10.6 Å². The first kappa shape index (κ1) is 22.0. The first-order chi connectivity index (χ1) is 12.1. The van der Waals surface area contributed by atoms with Gasteiger partial charge in [-0.1, -0.05) is 39.3 Å². The quantitative estimate of drug-likeness (QED) is 0.611. The maximum absolute atomic E-state index is 12.6. The van der Waals surface area contributed by atoms with Gasteiger partial charge in [-0.25, -0.2) is 4.79 Å². The Morgan fingerprint density at radius 3 is 1.88 bits per heavy atom. The number of nitrogens with one attached hydrogen (secondary N) is 2. The van der Waals surface area contributed by atoms with Crippen LogP contribution in [0.2, 0.25) is 5.02 Å². The van der Waals surface area contributed by atoms with Gasteiger partial charge >= 0.3 is 5.97 Å². The normalized spacial score (nSPS) is 13.3. The molecule has 26 heavy (non-hydrogen) atoms. The van der Waals surface area contributed by atoms with Gasteiger partial charge in [-0.15, -0.1) is 0 Å². The van der Waals surface area contributed by atoms with Gasteiger partial charge in [-0.2, -0.15) is 0 Å². The van der Waals surface area contributed by atoms with Crippen molar-refractivity contribution in [1.82, 2.24) is 10.6 Å². The maximum Gasteiger partial charge on any atom is 0.326 e. The molecule has 0 aliphatic heterocycles. The molecule has 3 N–H and O–H groups in total. The third-order valence-corrected chi connectivity index (χ3v) is 4.01. The molecule has 0 saturated heterocycles. The van der Waals surface area contributed by atoms with E-state index in [0.29, 0.717) is 23.4 Å². The average Bonchev–Trinajstić information content (AvgIpc) is 2.53. The first-order valence-corrected chi connectivity index (χ1v) is 9.07. The second kappa shape index (κ2) is 10.2. The zero-order chi connectivity index (χ0) is 19.9. The van der Waals surface area contributed by atoms with Crippen LogP contribution in [0, 0.1) is 11.8 Å². The highest BCUT2D eigenvalue weighted by Crippen LogP contribution is 2.12. The molecule has 0 aliphatic carbocycles. The zero-order valence-electron chi connectivity index (χ0n) is 15.6. The molecule has 0 saturated carbocycles. The van der Waals surface area contributed by atoms with Crippen molar-refractivity contribution in [2.45, 2.75) is 52.6 Å². The van der Waals surface area contributed by atoms with E-state index in [9.17, 15) is 19.5 Å². The van der Waals surface area contributed by atoms with E-state index < -0.39 is 29.9 Å². The number of halogens is 1. The minimum atomic E-state index is -1.08. The van der Waals surface area contributed by atoms with Crippen LogP contribution in [-0.4, -0.2) is 35.0 Å². The molecule has 0 fully saturated rings. The largest absolute Gasteiger partial charge is 0.480 e. The number of carbonyl (C=O) groups is 3. The van der Waals surface area contributed by atoms with Crippen LogP contribution in [0.3, 0.4) is 0 Å². The van der Waals surface area contributed by atoms with Gasteiger partial charge in [0.05, 0.1) is 0 Å². The lowest BCUT2D eigenvalue weighted by Crippen LogP contribution is -2.52. The van der Waals surface area contributed by atoms with Gasteiger partial charge in [0.15, 0.2) is 0 Å². The molecule has 0 radical (unpaired) electrons. The van der Waals surface area contributed by atoms with Crippen LogP contribution in [-0.2, 0) is 9.59 Å². The highest BCUT2D eigenvalue weighted by atomic mass is 35.5. The molecule has 7 heteroatoms. The summed E-state index contributed by atoms with van der Waals surface area (Å²) in [5, 5.41) is 15.1. The van der Waals surface area contributed by atoms with E-state index >= 15 is 0 Å². The summed E-state index contributed by atoms with van der Waals surface area (Å²) >= 11 is 5.82. The van der Waals surface area contributed by atoms with Gasteiger partial charge in [0, 0.05) is 10.6 Å². The minimum Gasteiger partial charge on any atom is -0.480 e. The van der Waals surface area contributed by atoms with Gasteiger partial charge < -0.3 is 15.7 Å². The van der Waals surface area contributed by atoms with Crippen LogP contribution in [0.25, 0.3) is 0 Å². The Labute approximate surface area is 159 Å². The lowest BCUT2D eigenvalue weighted by Gasteiger charge is -2.23. The predicted molar refractivity (Wildman–Crippen MR) is 101 cm³/mol. The summed E-state index contributed by atoms with van der Waals surface area (Å²) < 4.78 is 0. The van der Waals surface area contributed by atoms with E-state index in [-0.39, 0.29) is 11.8 Å². The van der Waals surface area contributed by atoms with Gasteiger partial charge in [-0.05, 0) is 48.9 Å². The number of aliphatic carboxylic acids is 1. The summed E-state index contributed by atoms with van der Waals surface area (Å²) in [5.74, 6) is -1.72. The third kappa shape index (κ3) is 7.44. The molecule has 2 atom stereocenters. The molecule has 2 amide bonds. The van der Waals surface area contributed by atoms with E-state index in [2.05, 4.69) is 10.6 Å². The molecule has 1 rings (SSSR count). The number of carboxylic acids is 1. The van der Waals surface area contributed by atoms with Crippen molar-refractivity contribution in [2.75, 3.05) is 0 Å². The minimum absolute atomic E-state index is 0.114. The summed E-state index contributed by atoms with van der Waals surface area (Å²) in [6.07, 6.45) is 0.722. The molecule has 1 aromatic carbocycles. The smallest absolute Gasteiger partial charge is 0.326 e. The zero-order valence-corrected chi connectivity index (χ0v) is 16.3. The molecule has 6 nitrogen and oxygen atoms in total. The van der Waals surface area contributed by atoms with E-state index in [1.165, 1.54) is 0 Å². The third-order valence-electron chi connectivity index (χ3n) is 3.76. The van der Waals surface area contributed by atoms with Crippen LogP contribution in [0.15, 0.2) is 24.3 Å². The number of hydrogen-bond acceptors (Lipinski definition) is 3. The molecule has 0 aromatic heterocycles. The monoisotopic (exact) mass is 382 g/mol. The van der Waals surface area contributed by atoms with Crippen molar-refractivity contribution in [2.24, 2.45) is 11.8 Å². The van der Waals surface area contributed by atoms with Crippen LogP contribution in [0.1, 0.15) is 50.9 Å². The molecule has 0 unspecified atom stereocenters. The summed E-state index contributed by atoms with van der Waals surface area (Å²) in [4.78, 5) is 36.4. The number of hydrogen-bond donors (Lipinski definition) is 3. The highest BCUT2D eigenvalue weighted by molar-refractivity contribution is 6.30. The summed E-state index contributed by atoms with van der Waals surface area (Å²) in [6.45, 7) is 7.63. The maximum atomic E-state index is 12.6. The van der Waals surface area contributed by atoms with Crippen molar-refractivity contribution in [3.05, 3.63) is 34.9 Å². The van der Waals surface area contributed by atoms with Crippen molar-refractivity contribution in [1.29, 1.82) is 0 Å². The van der Waals surface area contributed by atoms with Crippen LogP contribution in [0.5, 0.6) is 0 Å². The summed E-state index contributed by atoms with van der Waals surface area (Å²) in [5.41, 5.74) is 0.382. The molecule has 0 bridgehead atoms. The molecule has 1 aromatic rings. The predicted octanol–water partition coefficient (Wildman–Crippen LogP) is 3.10. The van der Waals surface area contributed by atoms with Crippen LogP contribution >= 0.6 is 11.6 Å². The molecule has 0 aliphatic rings. The van der Waals surface area contributed by atoms with Gasteiger partial charge in [0.25, 0.3) is 5.91 Å². The van der Waals surface area contributed by atoms with Crippen molar-refractivity contribution < 1.29 is 19.5 Å². The Bertz CT molecular complexity index is 629. The topological polar surface area (TPSA) is 95.5 Å². The van der Waals surface area contributed by atoms with E-state index in [1.54, 1.807) is 24.3 Å². The SMILES string of the molecule is CC(C)C[C@H](NC(=O)c1ccc(Cl)cc1)C(=O)N[C@H](CC(C)C)C(=O)O. The fourth-order valence-corrected chi connectivity index (χ4v) is 2.64. The first-order valence-electron chi connectivity index (χ1n) is 8.69. The second-order valence-corrected chi connectivity index (χ2v) is 7.63. The lowest BCUT2D eigenvalue weighted by atomic mass is 10.00. The fraction of sp³-hybridized carbons (Fsp3) is 0.526. The Morgan fingerprint density at radius 2 is 1.42 bits per heavy atom. The van der Waals surface area contributed by atoms with Crippen molar-refractivity contribution in [3.63, 3.8) is 0 Å². The average molecular weight is 383 g/mol. The van der Waals surface area contributed by atoms with Crippen LogP contribution in [0.4, 0.5) is 0 Å². The Kier molecular flexibility index (Phi) is 8.58. The molecule has 0 heterocycles. The van der Waals surface area contributed by atoms with E-state index in [4.69, 9.17) is 11.6 Å². The Morgan fingerprint density at radius 1 is 0.923 bits per heavy atom. The number of carboxylic acid groups (broad SMARTS) is 1. The summed E-state index contributed by atoms with van der Waals surface area (Å²) in [6, 6.07) is 4.53. The van der Waals surface area contributed by atoms with E-state index in [0.717, 1.165) is 0 Å². The van der Waals surface area contributed by atoms with Gasteiger partial charge in [0.2, 0.25) is 5.91 Å². The van der Waals surface area contributed by atoms with Crippen molar-refractivity contribution >= 4 is 29.4 Å². The molecular formula is C19H27ClN2O4. The molecule has 144 valence electrons. The second-order valence-electron chi connectivity index (χ2n) is 7.19. The molecule has 0 spiro atoms. The summed E-state index contributed by atoms with van der Waals surface area (Å²) in [7, 11) is 0. The lowest BCUT2D eigenvalue weighted by molar-refractivity contribution is -0.142. The Balaban J connectivity index is 2.87. The number of rotatable bonds is 9. The van der Waals surface area contributed by atoms with Crippen molar-refractivity contribution in [3.8, 4) is 0 Å². The fourth-order valence-electron chi connectivity index (χ4n) is 2.51. The number of carbonyl (C=O) groups excluding carboxylic acids is 2. The highest BCUT2D eigenvalue weighted by Gasteiger charge is 2.27. The Hall–Kier alpha value is -2.08. The standard InChI is InChI=1S/C19H27ClN2O4/c1-11(2)9-15(18(24)22-16(19(25)26)10-12(3)4)21-17(23)13-5-7-14(20)8-6-13/h5-8,11-12,15-16H,9-10H2,1-4H3,(H,21,23)(H,22,24)(H,25,26)/t15-,16+/m0/s1. The number of amides is 2.